The molecule has 0 aromatic carbocycles. The maximum atomic E-state index is 6.07. The Morgan fingerprint density at radius 1 is 1.39 bits per heavy atom. The van der Waals surface area contributed by atoms with Crippen molar-refractivity contribution < 1.29 is 0 Å². The second-order valence-electron chi connectivity index (χ2n) is 6.68. The quantitative estimate of drug-likeness (QED) is 0.890. The molecular weight excluding hydrogens is 240 g/mol. The zero-order valence-corrected chi connectivity index (χ0v) is 12.9. The number of rotatable bonds is 2. The SMILES string of the molecule is CC1CN(Cc2ccc(C(C)(C)C)s2)CCC1N. The van der Waals surface area contributed by atoms with Crippen molar-refractivity contribution >= 4 is 11.3 Å². The monoisotopic (exact) mass is 266 g/mol. The Labute approximate surface area is 115 Å². The molecule has 2 N–H and O–H groups in total. The lowest BCUT2D eigenvalue weighted by molar-refractivity contribution is 0.159. The van der Waals surface area contributed by atoms with Crippen molar-refractivity contribution in [3.8, 4) is 0 Å². The summed E-state index contributed by atoms with van der Waals surface area (Å²) < 4.78 is 0. The maximum Gasteiger partial charge on any atom is 0.0328 e. The average molecular weight is 266 g/mol. The van der Waals surface area contributed by atoms with Crippen LogP contribution in [-0.2, 0) is 12.0 Å². The number of thiophene rings is 1. The first kappa shape index (κ1) is 14.0. The highest BCUT2D eigenvalue weighted by molar-refractivity contribution is 7.12. The molecule has 0 aliphatic carbocycles. The summed E-state index contributed by atoms with van der Waals surface area (Å²) >= 11 is 1.96. The summed E-state index contributed by atoms with van der Waals surface area (Å²) in [5, 5.41) is 0. The molecule has 0 radical (unpaired) electrons. The normalized spacial score (nSPS) is 26.5. The van der Waals surface area contributed by atoms with E-state index in [9.17, 15) is 0 Å². The Balaban J connectivity index is 1.96. The van der Waals surface area contributed by atoms with Gasteiger partial charge in [-0.25, -0.2) is 0 Å². The second-order valence-corrected chi connectivity index (χ2v) is 7.85. The largest absolute Gasteiger partial charge is 0.327 e. The lowest BCUT2D eigenvalue weighted by atomic mass is 9.94. The number of nitrogens with two attached hydrogens (primary N) is 1. The van der Waals surface area contributed by atoms with E-state index in [0.717, 1.165) is 26.1 Å². The van der Waals surface area contributed by atoms with Crippen molar-refractivity contribution in [3.05, 3.63) is 21.9 Å². The molecule has 0 spiro atoms. The van der Waals surface area contributed by atoms with E-state index in [4.69, 9.17) is 5.73 Å². The highest BCUT2D eigenvalue weighted by atomic mass is 32.1. The van der Waals surface area contributed by atoms with Crippen LogP contribution in [0.25, 0.3) is 0 Å². The van der Waals surface area contributed by atoms with Crippen molar-refractivity contribution in [2.24, 2.45) is 11.7 Å². The lowest BCUT2D eigenvalue weighted by Crippen LogP contribution is -2.45. The Hall–Kier alpha value is -0.380. The van der Waals surface area contributed by atoms with E-state index in [1.807, 2.05) is 11.3 Å². The molecule has 1 aliphatic heterocycles. The molecule has 3 heteroatoms. The molecular formula is C15H26N2S. The summed E-state index contributed by atoms with van der Waals surface area (Å²) in [7, 11) is 0. The molecule has 102 valence electrons. The summed E-state index contributed by atoms with van der Waals surface area (Å²) in [6.45, 7) is 12.5. The topological polar surface area (TPSA) is 29.3 Å². The average Bonchev–Trinajstić information content (AvgIpc) is 2.72. The Kier molecular flexibility index (Phi) is 4.15. The summed E-state index contributed by atoms with van der Waals surface area (Å²) in [6, 6.07) is 4.98. The van der Waals surface area contributed by atoms with Crippen LogP contribution in [0, 0.1) is 5.92 Å². The third-order valence-electron chi connectivity index (χ3n) is 3.84. The first-order chi connectivity index (χ1) is 8.36. The van der Waals surface area contributed by atoms with Crippen molar-refractivity contribution in [1.82, 2.24) is 4.90 Å². The molecule has 2 heterocycles. The Morgan fingerprint density at radius 2 is 2.11 bits per heavy atom. The maximum absolute atomic E-state index is 6.07. The van der Waals surface area contributed by atoms with Crippen molar-refractivity contribution in [2.45, 2.75) is 52.1 Å². The van der Waals surface area contributed by atoms with Gasteiger partial charge in [-0.3, -0.25) is 4.90 Å². The summed E-state index contributed by atoms with van der Waals surface area (Å²) in [6.07, 6.45) is 1.14. The van der Waals surface area contributed by atoms with Crippen LogP contribution < -0.4 is 5.73 Å². The van der Waals surface area contributed by atoms with Gasteiger partial charge in [0.2, 0.25) is 0 Å². The minimum absolute atomic E-state index is 0.278. The van der Waals surface area contributed by atoms with Crippen LogP contribution in [0.15, 0.2) is 12.1 Å². The van der Waals surface area contributed by atoms with Gasteiger partial charge >= 0.3 is 0 Å². The van der Waals surface area contributed by atoms with Gasteiger partial charge in [0.15, 0.2) is 0 Å². The smallest absolute Gasteiger partial charge is 0.0328 e. The van der Waals surface area contributed by atoms with Crippen molar-refractivity contribution in [3.63, 3.8) is 0 Å². The fourth-order valence-corrected chi connectivity index (χ4v) is 3.59. The number of hydrogen-bond acceptors (Lipinski definition) is 3. The molecule has 18 heavy (non-hydrogen) atoms. The first-order valence-electron chi connectivity index (χ1n) is 6.93. The standard InChI is InChI=1S/C15H26N2S/c1-11-9-17(8-7-13(11)16)10-12-5-6-14(18-12)15(2,3)4/h5-6,11,13H,7-10,16H2,1-4H3. The highest BCUT2D eigenvalue weighted by Crippen LogP contribution is 2.30. The molecule has 1 aliphatic rings. The summed E-state index contributed by atoms with van der Waals surface area (Å²) in [5.41, 5.74) is 6.35. The molecule has 1 aromatic rings. The first-order valence-corrected chi connectivity index (χ1v) is 7.75. The van der Waals surface area contributed by atoms with Gasteiger partial charge in [-0.1, -0.05) is 27.7 Å². The van der Waals surface area contributed by atoms with E-state index < -0.39 is 0 Å². The van der Waals surface area contributed by atoms with Crippen LogP contribution in [0.5, 0.6) is 0 Å². The molecule has 0 saturated carbocycles. The molecule has 1 saturated heterocycles. The van der Waals surface area contributed by atoms with Gasteiger partial charge in [0.05, 0.1) is 0 Å². The van der Waals surface area contributed by atoms with Crippen molar-refractivity contribution in [1.29, 1.82) is 0 Å². The van der Waals surface area contributed by atoms with Gasteiger partial charge in [0.25, 0.3) is 0 Å². The zero-order valence-electron chi connectivity index (χ0n) is 12.1. The van der Waals surface area contributed by atoms with Crippen LogP contribution >= 0.6 is 11.3 Å². The number of piperidine rings is 1. The predicted molar refractivity (Wildman–Crippen MR) is 80.1 cm³/mol. The fraction of sp³-hybridized carbons (Fsp3) is 0.733. The van der Waals surface area contributed by atoms with Crippen LogP contribution in [-0.4, -0.2) is 24.0 Å². The van der Waals surface area contributed by atoms with Gasteiger partial charge < -0.3 is 5.73 Å². The molecule has 2 rings (SSSR count). The zero-order chi connectivity index (χ0) is 13.3. The Bertz CT molecular complexity index is 391. The molecule has 1 aromatic heterocycles. The van der Waals surface area contributed by atoms with E-state index in [0.29, 0.717) is 12.0 Å². The van der Waals surface area contributed by atoms with E-state index in [2.05, 4.69) is 44.7 Å². The molecule has 1 fully saturated rings. The fourth-order valence-electron chi connectivity index (χ4n) is 2.48. The van der Waals surface area contributed by atoms with Crippen LogP contribution in [0.2, 0.25) is 0 Å². The van der Waals surface area contributed by atoms with Gasteiger partial charge in [-0.05, 0) is 29.9 Å². The number of nitrogens with zero attached hydrogens (tertiary/aromatic N) is 1. The van der Waals surface area contributed by atoms with Gasteiger partial charge in [-0.15, -0.1) is 11.3 Å². The van der Waals surface area contributed by atoms with E-state index >= 15 is 0 Å². The third kappa shape index (κ3) is 3.34. The van der Waals surface area contributed by atoms with Crippen LogP contribution in [0.4, 0.5) is 0 Å². The van der Waals surface area contributed by atoms with Crippen LogP contribution in [0.3, 0.4) is 0 Å². The minimum Gasteiger partial charge on any atom is -0.327 e. The molecule has 0 amide bonds. The summed E-state index contributed by atoms with van der Waals surface area (Å²) in [4.78, 5) is 5.52. The lowest BCUT2D eigenvalue weighted by Gasteiger charge is -2.34. The van der Waals surface area contributed by atoms with E-state index in [1.54, 1.807) is 0 Å². The van der Waals surface area contributed by atoms with Crippen LogP contribution in [0.1, 0.15) is 43.9 Å². The number of likely N-dealkylation sites (tertiary alicyclic amines) is 1. The summed E-state index contributed by atoms with van der Waals surface area (Å²) in [5.74, 6) is 0.626. The molecule has 0 bridgehead atoms. The van der Waals surface area contributed by atoms with Gasteiger partial charge in [0, 0.05) is 35.4 Å². The van der Waals surface area contributed by atoms with Gasteiger partial charge in [0.1, 0.15) is 0 Å². The third-order valence-corrected chi connectivity index (χ3v) is 5.33. The molecule has 2 nitrogen and oxygen atoms in total. The molecule has 2 unspecified atom stereocenters. The van der Waals surface area contributed by atoms with E-state index in [1.165, 1.54) is 9.75 Å². The minimum atomic E-state index is 0.278. The predicted octanol–water partition coefficient (Wildman–Crippen LogP) is 3.21. The van der Waals surface area contributed by atoms with E-state index in [-0.39, 0.29) is 5.41 Å². The number of hydrogen-bond donors (Lipinski definition) is 1. The van der Waals surface area contributed by atoms with Gasteiger partial charge in [-0.2, -0.15) is 0 Å². The Morgan fingerprint density at radius 3 is 2.67 bits per heavy atom. The second kappa shape index (κ2) is 5.32. The highest BCUT2D eigenvalue weighted by Gasteiger charge is 2.24. The molecule has 2 atom stereocenters. The van der Waals surface area contributed by atoms with Crippen molar-refractivity contribution in [2.75, 3.05) is 13.1 Å².